The van der Waals surface area contributed by atoms with Crippen LogP contribution in [0.1, 0.15) is 40.2 Å². The molecule has 0 saturated heterocycles. The van der Waals surface area contributed by atoms with Gasteiger partial charge in [0.25, 0.3) is 0 Å². The third-order valence-corrected chi connectivity index (χ3v) is 4.24. The zero-order valence-corrected chi connectivity index (χ0v) is 17.1. The Kier molecular flexibility index (Phi) is 8.45. The third-order valence-electron chi connectivity index (χ3n) is 3.15. The van der Waals surface area contributed by atoms with E-state index >= 15 is 0 Å². The van der Waals surface area contributed by atoms with Gasteiger partial charge in [0.2, 0.25) is 0 Å². The van der Waals surface area contributed by atoms with Gasteiger partial charge >= 0.3 is 6.09 Å². The van der Waals surface area contributed by atoms with Crippen molar-refractivity contribution in [2.45, 2.75) is 51.7 Å². The number of hydrogen-bond donors (Lipinski definition) is 2. The van der Waals surface area contributed by atoms with Crippen LogP contribution in [0, 0.1) is 0 Å². The summed E-state index contributed by atoms with van der Waals surface area (Å²) in [7, 11) is 0. The summed E-state index contributed by atoms with van der Waals surface area (Å²) in [4.78, 5) is 16.3. The van der Waals surface area contributed by atoms with Gasteiger partial charge in [-0.1, -0.05) is 37.4 Å². The minimum absolute atomic E-state index is 0.474. The number of thioether (sulfide) groups is 1. The van der Waals surface area contributed by atoms with E-state index in [2.05, 4.69) is 23.8 Å². The first-order valence-electron chi connectivity index (χ1n) is 8.51. The molecular weight excluding hydrogens is 346 g/mol. The van der Waals surface area contributed by atoms with Crippen LogP contribution >= 0.6 is 11.8 Å². The molecule has 5 nitrogen and oxygen atoms in total. The smallest absolute Gasteiger partial charge is 0.411 e. The van der Waals surface area contributed by atoms with Crippen molar-refractivity contribution in [3.05, 3.63) is 53.9 Å². The van der Waals surface area contributed by atoms with Gasteiger partial charge in [-0.15, -0.1) is 0 Å². The molecular formula is C20H29N3O2S. The number of nitrogen functional groups attached to an aromatic ring is 1. The zero-order valence-electron chi connectivity index (χ0n) is 16.3. The summed E-state index contributed by atoms with van der Waals surface area (Å²) in [6.45, 7) is 13.1. The number of nitrogens with one attached hydrogen (secondary N) is 1. The predicted octanol–water partition coefficient (Wildman–Crippen LogP) is 4.86. The van der Waals surface area contributed by atoms with Gasteiger partial charge < -0.3 is 10.5 Å². The molecule has 0 fully saturated rings. The zero-order chi connectivity index (χ0) is 19.7. The fraction of sp³-hybridized carbons (Fsp3) is 0.400. The molecule has 0 radical (unpaired) electrons. The summed E-state index contributed by atoms with van der Waals surface area (Å²) in [5, 5.41) is 3.52. The highest BCUT2D eigenvalue weighted by molar-refractivity contribution is 7.99. The summed E-state index contributed by atoms with van der Waals surface area (Å²) >= 11 is 1.54. The number of ether oxygens (including phenoxy) is 1. The van der Waals surface area contributed by atoms with Crippen LogP contribution in [0.5, 0.6) is 0 Å². The summed E-state index contributed by atoms with van der Waals surface area (Å²) in [5.74, 6) is 0.655. The monoisotopic (exact) mass is 375 g/mol. The van der Waals surface area contributed by atoms with Crippen molar-refractivity contribution in [2.24, 2.45) is 0 Å². The van der Waals surface area contributed by atoms with Crippen LogP contribution in [-0.2, 0) is 11.2 Å². The third kappa shape index (κ3) is 8.25. The van der Waals surface area contributed by atoms with Crippen molar-refractivity contribution in [3.63, 3.8) is 0 Å². The molecule has 0 spiro atoms. The molecule has 1 heterocycles. The Morgan fingerprint density at radius 3 is 2.69 bits per heavy atom. The second-order valence-electron chi connectivity index (χ2n) is 6.81. The number of hydrogen-bond acceptors (Lipinski definition) is 5. The van der Waals surface area contributed by atoms with Crippen molar-refractivity contribution in [3.8, 4) is 0 Å². The molecule has 0 bridgehead atoms. The van der Waals surface area contributed by atoms with E-state index in [0.29, 0.717) is 17.1 Å². The molecule has 26 heavy (non-hydrogen) atoms. The van der Waals surface area contributed by atoms with E-state index in [0.717, 1.165) is 22.6 Å². The molecule has 0 aromatic carbocycles. The highest BCUT2D eigenvalue weighted by atomic mass is 32.2. The molecule has 1 aromatic rings. The second-order valence-corrected chi connectivity index (χ2v) is 7.78. The molecule has 1 aromatic heterocycles. The summed E-state index contributed by atoms with van der Waals surface area (Å²) < 4.78 is 5.25. The highest BCUT2D eigenvalue weighted by Gasteiger charge is 2.16. The number of carbonyl (C=O) groups is 1. The normalized spacial score (nSPS) is 12.7. The second kappa shape index (κ2) is 10.1. The van der Waals surface area contributed by atoms with Crippen LogP contribution in [-0.4, -0.2) is 22.4 Å². The maximum atomic E-state index is 11.8. The van der Waals surface area contributed by atoms with E-state index in [1.165, 1.54) is 0 Å². The van der Waals surface area contributed by atoms with E-state index < -0.39 is 11.7 Å². The molecule has 3 N–H and O–H groups in total. The number of aryl methyl sites for hydroxylation is 1. The van der Waals surface area contributed by atoms with E-state index in [-0.39, 0.29) is 0 Å². The molecule has 1 rings (SSSR count). The summed E-state index contributed by atoms with van der Waals surface area (Å²) in [6, 6.07) is 1.96. The number of nitrogens with two attached hydrogens (primary N) is 1. The van der Waals surface area contributed by atoms with Crippen molar-refractivity contribution in [2.75, 3.05) is 11.5 Å². The molecule has 0 atom stereocenters. The van der Waals surface area contributed by atoms with Crippen LogP contribution in [0.25, 0.3) is 0 Å². The van der Waals surface area contributed by atoms with E-state index in [9.17, 15) is 4.79 Å². The average Bonchev–Trinajstić information content (AvgIpc) is 2.51. The van der Waals surface area contributed by atoms with Crippen molar-refractivity contribution < 1.29 is 9.53 Å². The topological polar surface area (TPSA) is 77.2 Å². The Labute approximate surface area is 160 Å². The van der Waals surface area contributed by atoms with Crippen LogP contribution in [0.3, 0.4) is 0 Å². The first-order valence-corrected chi connectivity index (χ1v) is 9.50. The largest absolute Gasteiger partial charge is 0.444 e. The first-order chi connectivity index (χ1) is 12.1. The number of aromatic nitrogens is 1. The Balaban J connectivity index is 2.76. The number of anilines is 1. The van der Waals surface area contributed by atoms with Gasteiger partial charge in [-0.2, -0.15) is 0 Å². The van der Waals surface area contributed by atoms with Gasteiger partial charge in [-0.05, 0) is 57.4 Å². The number of allylic oxidation sites excluding steroid dienone is 4. The lowest BCUT2D eigenvalue weighted by Gasteiger charge is -2.19. The lowest BCUT2D eigenvalue weighted by molar-refractivity contribution is 0.0546. The van der Waals surface area contributed by atoms with Gasteiger partial charge in [0.1, 0.15) is 10.6 Å². The maximum absolute atomic E-state index is 11.8. The van der Waals surface area contributed by atoms with Crippen molar-refractivity contribution in [1.82, 2.24) is 10.3 Å². The van der Waals surface area contributed by atoms with Crippen molar-refractivity contribution in [1.29, 1.82) is 0 Å². The average molecular weight is 376 g/mol. The van der Waals surface area contributed by atoms with Gasteiger partial charge in [-0.25, -0.2) is 9.78 Å². The lowest BCUT2D eigenvalue weighted by Crippen LogP contribution is -2.31. The first kappa shape index (κ1) is 21.8. The summed E-state index contributed by atoms with van der Waals surface area (Å²) in [5.41, 5.74) is 9.01. The lowest BCUT2D eigenvalue weighted by atomic mass is 10.2. The fourth-order valence-electron chi connectivity index (χ4n) is 2.05. The number of alkyl carbamates (subject to hydrolysis) is 1. The Morgan fingerprint density at radius 1 is 1.46 bits per heavy atom. The Bertz CT molecular complexity index is 703. The van der Waals surface area contributed by atoms with E-state index in [4.69, 9.17) is 10.5 Å². The Hall–Kier alpha value is -2.21. The summed E-state index contributed by atoms with van der Waals surface area (Å²) in [6.07, 6.45) is 7.77. The molecule has 142 valence electrons. The van der Waals surface area contributed by atoms with Crippen LogP contribution in [0.2, 0.25) is 0 Å². The van der Waals surface area contributed by atoms with Gasteiger partial charge in [0, 0.05) is 17.6 Å². The SMILES string of the molecule is C=C/C=C(\C=C(/C)NC(=O)OC(C)(C)C)CSc1ncc(CC)cc1N. The fourth-order valence-corrected chi connectivity index (χ4v) is 2.88. The molecule has 0 aliphatic carbocycles. The van der Waals surface area contributed by atoms with Gasteiger partial charge in [-0.3, -0.25) is 5.32 Å². The minimum atomic E-state index is -0.534. The van der Waals surface area contributed by atoms with Crippen LogP contribution < -0.4 is 11.1 Å². The molecule has 0 saturated carbocycles. The van der Waals surface area contributed by atoms with E-state index in [1.807, 2.05) is 52.1 Å². The quantitative estimate of drug-likeness (QED) is 0.526. The number of amides is 1. The molecule has 6 heteroatoms. The highest BCUT2D eigenvalue weighted by Crippen LogP contribution is 2.25. The molecule has 0 unspecified atom stereocenters. The van der Waals surface area contributed by atoms with Crippen LogP contribution in [0.15, 0.2) is 53.4 Å². The molecule has 0 aliphatic rings. The standard InChI is InChI=1S/C20H29N3O2S/c1-7-9-16(10-14(3)23-19(24)25-20(4,5)6)13-26-18-17(21)11-15(8-2)12-22-18/h7,9-12H,1,8,13,21H2,2-6H3,(H,23,24)/b14-10+,16-9+. The molecule has 1 amide bonds. The maximum Gasteiger partial charge on any atom is 0.411 e. The van der Waals surface area contributed by atoms with Crippen molar-refractivity contribution >= 4 is 23.5 Å². The predicted molar refractivity (Wildman–Crippen MR) is 110 cm³/mol. The Morgan fingerprint density at radius 2 is 2.15 bits per heavy atom. The number of pyridine rings is 1. The minimum Gasteiger partial charge on any atom is -0.444 e. The van der Waals surface area contributed by atoms with Crippen LogP contribution in [0.4, 0.5) is 10.5 Å². The number of nitrogens with zero attached hydrogens (tertiary/aromatic N) is 1. The van der Waals surface area contributed by atoms with Gasteiger partial charge in [0.05, 0.1) is 5.69 Å². The number of carbonyl (C=O) groups excluding carboxylic acids is 1. The molecule has 0 aliphatic heterocycles. The number of rotatable bonds is 7. The van der Waals surface area contributed by atoms with Gasteiger partial charge in [0.15, 0.2) is 0 Å². The van der Waals surface area contributed by atoms with E-state index in [1.54, 1.807) is 17.8 Å².